The molecule has 2 heterocycles. The van der Waals surface area contributed by atoms with Crippen molar-refractivity contribution in [1.82, 2.24) is 15.0 Å². The predicted molar refractivity (Wildman–Crippen MR) is 82.4 cm³/mol. The number of anilines is 2. The standard InChI is InChI=1S/C13H21ClN6O/c1-13(2,8-9(15)21)19-11-16-10(14)17-12(18-11)20-6-4-3-5-7-20/h3-8H2,1-2H3,(H2,15,21)(H,16,17,18,19). The van der Waals surface area contributed by atoms with E-state index in [2.05, 4.69) is 25.2 Å². The fourth-order valence-electron chi connectivity index (χ4n) is 2.41. The molecule has 1 saturated heterocycles. The summed E-state index contributed by atoms with van der Waals surface area (Å²) in [5.74, 6) is 0.554. The van der Waals surface area contributed by atoms with Gasteiger partial charge < -0.3 is 16.0 Å². The van der Waals surface area contributed by atoms with Crippen molar-refractivity contribution in [3.05, 3.63) is 5.28 Å². The van der Waals surface area contributed by atoms with E-state index in [4.69, 9.17) is 17.3 Å². The Morgan fingerprint density at radius 2 is 1.95 bits per heavy atom. The van der Waals surface area contributed by atoms with Gasteiger partial charge >= 0.3 is 0 Å². The Morgan fingerprint density at radius 3 is 2.57 bits per heavy atom. The molecule has 1 fully saturated rings. The van der Waals surface area contributed by atoms with Crippen LogP contribution in [-0.2, 0) is 4.79 Å². The van der Waals surface area contributed by atoms with Gasteiger partial charge in [-0.15, -0.1) is 0 Å². The first-order valence-corrected chi connectivity index (χ1v) is 7.46. The summed E-state index contributed by atoms with van der Waals surface area (Å²) >= 11 is 5.98. The minimum Gasteiger partial charge on any atom is -0.370 e. The van der Waals surface area contributed by atoms with Crippen LogP contribution in [0, 0.1) is 0 Å². The van der Waals surface area contributed by atoms with E-state index in [-0.39, 0.29) is 17.6 Å². The summed E-state index contributed by atoms with van der Waals surface area (Å²) in [5.41, 5.74) is 4.70. The number of nitrogens with one attached hydrogen (secondary N) is 1. The summed E-state index contributed by atoms with van der Waals surface area (Å²) in [6, 6.07) is 0. The summed E-state index contributed by atoms with van der Waals surface area (Å²) in [4.78, 5) is 25.8. The number of carbonyl (C=O) groups is 1. The topological polar surface area (TPSA) is 97.0 Å². The number of hydrogen-bond donors (Lipinski definition) is 2. The van der Waals surface area contributed by atoms with Crippen LogP contribution in [0.2, 0.25) is 5.28 Å². The van der Waals surface area contributed by atoms with E-state index in [1.165, 1.54) is 6.42 Å². The molecular formula is C13H21ClN6O. The van der Waals surface area contributed by atoms with Crippen molar-refractivity contribution in [3.8, 4) is 0 Å². The second-order valence-electron chi connectivity index (χ2n) is 5.93. The molecule has 7 nitrogen and oxygen atoms in total. The summed E-state index contributed by atoms with van der Waals surface area (Å²) in [7, 11) is 0. The Kier molecular flexibility index (Phi) is 4.82. The van der Waals surface area contributed by atoms with E-state index in [0.717, 1.165) is 25.9 Å². The van der Waals surface area contributed by atoms with E-state index in [0.29, 0.717) is 11.9 Å². The molecule has 0 aromatic carbocycles. The number of hydrogen-bond acceptors (Lipinski definition) is 6. The van der Waals surface area contributed by atoms with Crippen LogP contribution in [0.5, 0.6) is 0 Å². The van der Waals surface area contributed by atoms with Crippen molar-refractivity contribution in [2.75, 3.05) is 23.3 Å². The molecule has 0 spiro atoms. The predicted octanol–water partition coefficient (Wildman–Crippen LogP) is 1.58. The Hall–Kier alpha value is -1.63. The average molecular weight is 313 g/mol. The Bertz CT molecular complexity index is 515. The molecule has 1 aromatic heterocycles. The lowest BCUT2D eigenvalue weighted by atomic mass is 10.0. The van der Waals surface area contributed by atoms with Crippen molar-refractivity contribution in [1.29, 1.82) is 0 Å². The molecule has 1 aromatic rings. The highest BCUT2D eigenvalue weighted by molar-refractivity contribution is 6.28. The van der Waals surface area contributed by atoms with E-state index in [1.54, 1.807) is 0 Å². The van der Waals surface area contributed by atoms with Crippen LogP contribution in [0.25, 0.3) is 0 Å². The van der Waals surface area contributed by atoms with Crippen molar-refractivity contribution >= 4 is 29.4 Å². The van der Waals surface area contributed by atoms with Crippen LogP contribution in [0.4, 0.5) is 11.9 Å². The van der Waals surface area contributed by atoms with Crippen molar-refractivity contribution < 1.29 is 4.79 Å². The molecule has 2 rings (SSSR count). The molecule has 0 bridgehead atoms. The smallest absolute Gasteiger partial charge is 0.231 e. The monoisotopic (exact) mass is 312 g/mol. The highest BCUT2D eigenvalue weighted by atomic mass is 35.5. The molecule has 0 atom stereocenters. The third-order valence-electron chi connectivity index (χ3n) is 3.30. The molecule has 116 valence electrons. The summed E-state index contributed by atoms with van der Waals surface area (Å²) in [5, 5.41) is 3.24. The highest BCUT2D eigenvalue weighted by Crippen LogP contribution is 2.21. The van der Waals surface area contributed by atoms with E-state index >= 15 is 0 Å². The molecule has 0 radical (unpaired) electrons. The van der Waals surface area contributed by atoms with Gasteiger partial charge in [-0.1, -0.05) is 0 Å². The van der Waals surface area contributed by atoms with Gasteiger partial charge in [0.1, 0.15) is 0 Å². The molecule has 0 aliphatic carbocycles. The number of aromatic nitrogens is 3. The van der Waals surface area contributed by atoms with Crippen LogP contribution < -0.4 is 16.0 Å². The van der Waals surface area contributed by atoms with Crippen molar-refractivity contribution in [3.63, 3.8) is 0 Å². The normalized spacial score (nSPS) is 15.9. The molecule has 1 aliphatic heterocycles. The zero-order chi connectivity index (χ0) is 15.5. The maximum Gasteiger partial charge on any atom is 0.231 e. The average Bonchev–Trinajstić information content (AvgIpc) is 2.36. The van der Waals surface area contributed by atoms with Crippen LogP contribution in [0.3, 0.4) is 0 Å². The third kappa shape index (κ3) is 4.70. The molecule has 0 unspecified atom stereocenters. The first kappa shape index (κ1) is 15.8. The largest absolute Gasteiger partial charge is 0.370 e. The zero-order valence-corrected chi connectivity index (χ0v) is 13.2. The second-order valence-corrected chi connectivity index (χ2v) is 6.27. The number of halogens is 1. The number of rotatable bonds is 5. The molecule has 8 heteroatoms. The van der Waals surface area contributed by atoms with Crippen LogP contribution in [0.15, 0.2) is 0 Å². The molecule has 1 aliphatic rings. The number of primary amides is 1. The van der Waals surface area contributed by atoms with Crippen molar-refractivity contribution in [2.24, 2.45) is 5.73 Å². The van der Waals surface area contributed by atoms with E-state index in [9.17, 15) is 4.79 Å². The van der Waals surface area contributed by atoms with Crippen molar-refractivity contribution in [2.45, 2.75) is 45.1 Å². The maximum absolute atomic E-state index is 11.1. The highest BCUT2D eigenvalue weighted by Gasteiger charge is 2.23. The van der Waals surface area contributed by atoms with Crippen LogP contribution in [-0.4, -0.2) is 39.5 Å². The SMILES string of the molecule is CC(C)(CC(N)=O)Nc1nc(Cl)nc(N2CCCCC2)n1. The summed E-state index contributed by atoms with van der Waals surface area (Å²) in [6.07, 6.45) is 3.65. The quantitative estimate of drug-likeness (QED) is 0.856. The Labute approximate surface area is 129 Å². The van der Waals surface area contributed by atoms with Crippen LogP contribution in [0.1, 0.15) is 39.5 Å². The third-order valence-corrected chi connectivity index (χ3v) is 3.47. The molecule has 21 heavy (non-hydrogen) atoms. The number of amides is 1. The molecule has 3 N–H and O–H groups in total. The van der Waals surface area contributed by atoms with E-state index in [1.807, 2.05) is 13.8 Å². The molecular weight excluding hydrogens is 292 g/mol. The number of carbonyl (C=O) groups excluding carboxylic acids is 1. The maximum atomic E-state index is 11.1. The minimum atomic E-state index is -0.546. The van der Waals surface area contributed by atoms with Crippen LogP contribution >= 0.6 is 11.6 Å². The van der Waals surface area contributed by atoms with Gasteiger partial charge in [0.2, 0.25) is 23.1 Å². The fraction of sp³-hybridized carbons (Fsp3) is 0.692. The van der Waals surface area contributed by atoms with Gasteiger partial charge in [-0.05, 0) is 44.7 Å². The zero-order valence-electron chi connectivity index (χ0n) is 12.4. The summed E-state index contributed by atoms with van der Waals surface area (Å²) in [6.45, 7) is 5.56. The summed E-state index contributed by atoms with van der Waals surface area (Å²) < 4.78 is 0. The van der Waals surface area contributed by atoms with Gasteiger partial charge in [0.25, 0.3) is 0 Å². The van der Waals surface area contributed by atoms with Gasteiger partial charge in [0.15, 0.2) is 0 Å². The van der Waals surface area contributed by atoms with Gasteiger partial charge in [-0.3, -0.25) is 4.79 Å². The number of nitrogens with two attached hydrogens (primary N) is 1. The lowest BCUT2D eigenvalue weighted by Crippen LogP contribution is -2.37. The first-order chi connectivity index (χ1) is 9.85. The Morgan fingerprint density at radius 1 is 1.29 bits per heavy atom. The van der Waals surface area contributed by atoms with Gasteiger partial charge in [-0.25, -0.2) is 0 Å². The van der Waals surface area contributed by atoms with E-state index < -0.39 is 5.54 Å². The Balaban J connectivity index is 2.16. The van der Waals surface area contributed by atoms with Gasteiger partial charge in [-0.2, -0.15) is 15.0 Å². The molecule has 0 saturated carbocycles. The molecule has 1 amide bonds. The lowest BCUT2D eigenvalue weighted by Gasteiger charge is -2.28. The van der Waals surface area contributed by atoms with Gasteiger partial charge in [0.05, 0.1) is 0 Å². The number of piperidine rings is 1. The fourth-order valence-corrected chi connectivity index (χ4v) is 2.57. The minimum absolute atomic E-state index is 0.142. The lowest BCUT2D eigenvalue weighted by molar-refractivity contribution is -0.118. The number of nitrogens with zero attached hydrogens (tertiary/aromatic N) is 4. The first-order valence-electron chi connectivity index (χ1n) is 7.09. The van der Waals surface area contributed by atoms with Gasteiger partial charge in [0, 0.05) is 25.0 Å². The second kappa shape index (κ2) is 6.43.